The first kappa shape index (κ1) is 35.2. The van der Waals surface area contributed by atoms with Crippen molar-refractivity contribution in [1.82, 2.24) is 5.34 Å². The lowest BCUT2D eigenvalue weighted by Gasteiger charge is -2.45. The molecule has 0 radical (unpaired) electrons. The molecule has 224 valence electrons. The lowest BCUT2D eigenvalue weighted by atomic mass is 9.86. The molecule has 0 spiro atoms. The molecule has 0 aliphatic carbocycles. The maximum Gasteiger partial charge on any atom is 0.460 e. The number of rotatable bonds is 10. The molecule has 0 fully saturated rings. The average molecular weight is 621 g/mol. The van der Waals surface area contributed by atoms with Crippen molar-refractivity contribution < 1.29 is 110 Å². The fourth-order valence-electron chi connectivity index (χ4n) is 1.85. The van der Waals surface area contributed by atoms with E-state index in [-0.39, 0.29) is 0 Å². The molecule has 1 nitrogen and oxygen atoms in total. The molecule has 37 heavy (non-hydrogen) atoms. The first-order valence-corrected chi connectivity index (χ1v) is 7.41. The van der Waals surface area contributed by atoms with Crippen LogP contribution in [0.1, 0.15) is 0 Å². The second kappa shape index (κ2) is 8.35. The lowest BCUT2D eigenvalue weighted by molar-refractivity contribution is -0.492. The topological polar surface area (TPSA) is 3.24 Å². The Kier molecular flexibility index (Phi) is 7.95. The van der Waals surface area contributed by atoms with Gasteiger partial charge in [-0.1, -0.05) is 8.96 Å². The third-order valence-electron chi connectivity index (χ3n) is 4.10. The van der Waals surface area contributed by atoms with E-state index in [4.69, 9.17) is 0 Å². The van der Waals surface area contributed by atoms with Crippen LogP contribution in [0.2, 0.25) is 0 Å². The van der Waals surface area contributed by atoms with Crippen LogP contribution in [0.15, 0.2) is 0 Å². The molecule has 0 saturated heterocycles. The fourth-order valence-corrected chi connectivity index (χ4v) is 1.85. The molecule has 0 heterocycles. The summed E-state index contributed by atoms with van der Waals surface area (Å²) in [6, 6.07) is -8.11. The summed E-state index contributed by atoms with van der Waals surface area (Å²) >= 11 is 0. The number of nitrogens with zero attached hydrogens (tertiary/aromatic N) is 1. The highest BCUT2D eigenvalue weighted by molar-refractivity contribution is 5.18. The molecule has 0 aliphatic rings. The zero-order valence-electron chi connectivity index (χ0n) is 15.4. The first-order chi connectivity index (χ1) is 15.4. The van der Waals surface area contributed by atoms with Crippen LogP contribution in [0.4, 0.5) is 110 Å². The van der Waals surface area contributed by atoms with Crippen molar-refractivity contribution in [3.63, 3.8) is 0 Å². The predicted octanol–water partition coefficient (Wildman–Crippen LogP) is 7.93. The molecule has 0 atom stereocenters. The van der Waals surface area contributed by atoms with Crippen LogP contribution in [0.3, 0.4) is 0 Å². The van der Waals surface area contributed by atoms with Crippen molar-refractivity contribution in [3.8, 4) is 0 Å². The van der Waals surface area contributed by atoms with Gasteiger partial charge in [0.15, 0.2) is 0 Å². The third-order valence-corrected chi connectivity index (χ3v) is 4.10. The second-order valence-electron chi connectivity index (χ2n) is 6.44. The molecule has 0 aromatic carbocycles. The Balaban J connectivity index is 7.22. The third kappa shape index (κ3) is 4.00. The van der Waals surface area contributed by atoms with Gasteiger partial charge in [-0.2, -0.15) is 101 Å². The van der Waals surface area contributed by atoms with Gasteiger partial charge in [0.25, 0.3) is 0 Å². The summed E-state index contributed by atoms with van der Waals surface area (Å²) in [7, 11) is 0. The Morgan fingerprint density at radius 3 is 0.568 bits per heavy atom. The van der Waals surface area contributed by atoms with E-state index >= 15 is 0 Å². The Morgan fingerprint density at radius 2 is 0.405 bits per heavy atom. The monoisotopic (exact) mass is 621 g/mol. The van der Waals surface area contributed by atoms with E-state index in [1.54, 1.807) is 0 Å². The minimum absolute atomic E-state index is 4.46. The smallest absolute Gasteiger partial charge is 0.192 e. The van der Waals surface area contributed by atoms with Crippen LogP contribution in [0.5, 0.6) is 0 Å². The molecule has 0 amide bonds. The minimum Gasteiger partial charge on any atom is -0.192 e. The Labute approximate surface area is 182 Å². The van der Waals surface area contributed by atoms with Crippen molar-refractivity contribution in [2.45, 2.75) is 65.5 Å². The van der Waals surface area contributed by atoms with Gasteiger partial charge >= 0.3 is 65.5 Å². The first-order valence-electron chi connectivity index (χ1n) is 7.41. The number of halogens is 25. The zero-order chi connectivity index (χ0) is 31.1. The molecule has 0 aliphatic heterocycles. The van der Waals surface area contributed by atoms with Crippen molar-refractivity contribution in [2.75, 3.05) is 0 Å². The SMILES string of the molecule is FN(F)C(F)(F)C(F)(F)C(F)(F)C(F)(F)C(F)(F)C(F)(F)C(F)(F)C(F)(F)C(F)(F)C(F)(F)C(F)(F)F. The minimum atomic E-state index is -9.56. The summed E-state index contributed by atoms with van der Waals surface area (Å²) in [6.07, 6.45) is -8.15. The van der Waals surface area contributed by atoms with E-state index < -0.39 is 70.9 Å². The summed E-state index contributed by atoms with van der Waals surface area (Å²) in [5, 5.41) is -4.46. The lowest BCUT2D eigenvalue weighted by Crippen LogP contribution is -2.78. The van der Waals surface area contributed by atoms with E-state index in [0.717, 1.165) is 0 Å². The number of hydrogen-bond acceptors (Lipinski definition) is 1. The van der Waals surface area contributed by atoms with E-state index in [1.807, 2.05) is 0 Å². The van der Waals surface area contributed by atoms with Crippen molar-refractivity contribution in [1.29, 1.82) is 0 Å². The summed E-state index contributed by atoms with van der Waals surface area (Å²) in [5.41, 5.74) is 0. The van der Waals surface area contributed by atoms with Gasteiger partial charge in [-0.3, -0.25) is 0 Å². The van der Waals surface area contributed by atoms with Crippen molar-refractivity contribution in [3.05, 3.63) is 0 Å². The highest BCUT2D eigenvalue weighted by atomic mass is 19.4. The van der Waals surface area contributed by atoms with E-state index in [0.29, 0.717) is 0 Å². The van der Waals surface area contributed by atoms with Gasteiger partial charge < -0.3 is 0 Å². The van der Waals surface area contributed by atoms with Crippen LogP contribution in [-0.2, 0) is 0 Å². The largest absolute Gasteiger partial charge is 0.460 e. The van der Waals surface area contributed by atoms with Gasteiger partial charge in [0.05, 0.1) is 5.34 Å². The fraction of sp³-hybridized carbons (Fsp3) is 1.00. The molecule has 26 heteroatoms. The standard InChI is InChI=1S/C11F25N/c12-1(13,2(14,15)4(18,19)6(22,23)8(26,27)10(30,31)32)3(16,17)5(20,21)7(24,25)9(28,29)11(33,34)37(35)36. The van der Waals surface area contributed by atoms with Gasteiger partial charge in [-0.15, -0.1) is 0 Å². The van der Waals surface area contributed by atoms with Crippen LogP contribution < -0.4 is 0 Å². The molecular weight excluding hydrogens is 621 g/mol. The summed E-state index contributed by atoms with van der Waals surface area (Å²) in [6.45, 7) is 0. The molecule has 0 saturated carbocycles. The Hall–Kier alpha value is -1.79. The summed E-state index contributed by atoms with van der Waals surface area (Å²) < 4.78 is 319. The molecule has 0 aromatic rings. The van der Waals surface area contributed by atoms with Crippen molar-refractivity contribution in [2.24, 2.45) is 0 Å². The maximum absolute atomic E-state index is 13.3. The highest BCUT2D eigenvalue weighted by Crippen LogP contribution is 2.67. The molecule has 0 aromatic heterocycles. The molecule has 0 bridgehead atoms. The molecule has 0 unspecified atom stereocenters. The van der Waals surface area contributed by atoms with Gasteiger partial charge in [0.1, 0.15) is 0 Å². The van der Waals surface area contributed by atoms with Gasteiger partial charge in [0.2, 0.25) is 0 Å². The zero-order valence-corrected chi connectivity index (χ0v) is 15.4. The number of alkyl halides is 23. The quantitative estimate of drug-likeness (QED) is 0.136. The van der Waals surface area contributed by atoms with Gasteiger partial charge in [0, 0.05) is 0 Å². The number of hydrogen-bond donors (Lipinski definition) is 0. The highest BCUT2D eigenvalue weighted by Gasteiger charge is 2.99. The van der Waals surface area contributed by atoms with Crippen LogP contribution in [0, 0.1) is 0 Å². The molecular formula is C11F25N. The van der Waals surface area contributed by atoms with Crippen LogP contribution in [0.25, 0.3) is 0 Å². The maximum atomic E-state index is 13.3. The van der Waals surface area contributed by atoms with Gasteiger partial charge in [-0.25, -0.2) is 0 Å². The summed E-state index contributed by atoms with van der Waals surface area (Å²) in [4.78, 5) is 0. The van der Waals surface area contributed by atoms with Crippen LogP contribution >= 0.6 is 0 Å². The average Bonchev–Trinajstić information content (AvgIpc) is 2.65. The van der Waals surface area contributed by atoms with Gasteiger partial charge in [-0.05, 0) is 0 Å². The molecule has 0 N–H and O–H groups in total. The van der Waals surface area contributed by atoms with E-state index in [1.165, 1.54) is 0 Å². The Morgan fingerprint density at radius 1 is 0.243 bits per heavy atom. The second-order valence-corrected chi connectivity index (χ2v) is 6.44. The van der Waals surface area contributed by atoms with Crippen molar-refractivity contribution >= 4 is 0 Å². The van der Waals surface area contributed by atoms with E-state index in [2.05, 4.69) is 0 Å². The van der Waals surface area contributed by atoms with E-state index in [9.17, 15) is 110 Å². The van der Waals surface area contributed by atoms with Crippen LogP contribution in [-0.4, -0.2) is 70.9 Å². The summed E-state index contributed by atoms with van der Waals surface area (Å²) in [5.74, 6) is -83.0. The predicted molar refractivity (Wildman–Crippen MR) is 59.6 cm³/mol. The molecule has 0 rings (SSSR count). The normalized spacial score (nSPS) is 17.0. The Bertz CT molecular complexity index is 830.